The summed E-state index contributed by atoms with van der Waals surface area (Å²) in [7, 11) is 0. The van der Waals surface area contributed by atoms with Crippen LogP contribution < -0.4 is 0 Å². The minimum Gasteiger partial charge on any atom is -0.476 e. The summed E-state index contributed by atoms with van der Waals surface area (Å²) >= 11 is 3.44. The fourth-order valence-electron chi connectivity index (χ4n) is 1.89. The fraction of sp³-hybridized carbons (Fsp3) is 0. The van der Waals surface area contributed by atoms with Gasteiger partial charge in [0.2, 0.25) is 0 Å². The molecule has 3 rings (SSSR count). The van der Waals surface area contributed by atoms with Crippen LogP contribution in [-0.4, -0.2) is 20.9 Å². The first kappa shape index (κ1) is 12.7. The lowest BCUT2D eigenvalue weighted by atomic mass is 10.2. The highest BCUT2D eigenvalue weighted by molar-refractivity contribution is 9.10. The number of nitrogens with zero attached hydrogens (tertiary/aromatic N) is 2. The minimum atomic E-state index is -1.08. The van der Waals surface area contributed by atoms with Gasteiger partial charge in [-0.3, -0.25) is 0 Å². The zero-order valence-corrected chi connectivity index (χ0v) is 11.7. The maximum atomic E-state index is 11.1. The summed E-state index contributed by atoms with van der Waals surface area (Å²) in [6.07, 6.45) is 1.53. The Kier molecular flexibility index (Phi) is 3.15. The molecule has 3 aromatic rings. The molecule has 0 atom stereocenters. The van der Waals surface area contributed by atoms with E-state index in [0.717, 1.165) is 10.2 Å². The number of carboxylic acid groups (broad SMARTS) is 1. The van der Waals surface area contributed by atoms with Crippen molar-refractivity contribution in [2.24, 2.45) is 0 Å². The lowest BCUT2D eigenvalue weighted by molar-refractivity contribution is 0.0690. The molecule has 100 valence electrons. The summed E-state index contributed by atoms with van der Waals surface area (Å²) < 4.78 is 7.71. The number of aromatic carboxylic acids is 1. The number of para-hydroxylation sites is 1. The van der Waals surface area contributed by atoms with Gasteiger partial charge in [-0.1, -0.05) is 12.1 Å². The number of carboxylic acids is 1. The van der Waals surface area contributed by atoms with E-state index < -0.39 is 5.97 Å². The molecule has 20 heavy (non-hydrogen) atoms. The van der Waals surface area contributed by atoms with Crippen molar-refractivity contribution in [1.82, 2.24) is 9.78 Å². The van der Waals surface area contributed by atoms with Gasteiger partial charge in [-0.2, -0.15) is 5.10 Å². The first-order chi connectivity index (χ1) is 9.66. The Morgan fingerprint density at radius 2 is 2.05 bits per heavy atom. The van der Waals surface area contributed by atoms with Gasteiger partial charge in [0.15, 0.2) is 11.5 Å². The Morgan fingerprint density at radius 3 is 2.70 bits per heavy atom. The van der Waals surface area contributed by atoms with Gasteiger partial charge in [-0.15, -0.1) is 0 Å². The molecule has 0 aliphatic rings. The lowest BCUT2D eigenvalue weighted by Crippen LogP contribution is -2.02. The van der Waals surface area contributed by atoms with E-state index >= 15 is 0 Å². The molecule has 2 aromatic heterocycles. The normalized spacial score (nSPS) is 10.7. The molecule has 0 saturated carbocycles. The second kappa shape index (κ2) is 4.97. The predicted octanol–water partition coefficient (Wildman–Crippen LogP) is 3.59. The molecule has 0 radical (unpaired) electrons. The van der Waals surface area contributed by atoms with Gasteiger partial charge in [-0.05, 0) is 40.2 Å². The van der Waals surface area contributed by atoms with Gasteiger partial charge in [0.1, 0.15) is 5.69 Å². The van der Waals surface area contributed by atoms with Crippen molar-refractivity contribution in [3.63, 3.8) is 0 Å². The van der Waals surface area contributed by atoms with Crippen LogP contribution in [0.15, 0.2) is 57.6 Å². The second-order valence-corrected chi connectivity index (χ2v) is 4.91. The van der Waals surface area contributed by atoms with E-state index in [1.165, 1.54) is 12.3 Å². The maximum absolute atomic E-state index is 11.1. The fourth-order valence-corrected chi connectivity index (χ4v) is 2.35. The molecule has 0 aliphatic carbocycles. The van der Waals surface area contributed by atoms with Crippen LogP contribution in [0.5, 0.6) is 0 Å². The van der Waals surface area contributed by atoms with Gasteiger partial charge < -0.3 is 9.52 Å². The molecule has 0 fully saturated rings. The molecule has 0 unspecified atom stereocenters. The third-order valence-corrected chi connectivity index (χ3v) is 3.45. The Morgan fingerprint density at radius 1 is 1.25 bits per heavy atom. The minimum absolute atomic E-state index is 0.0350. The van der Waals surface area contributed by atoms with E-state index in [-0.39, 0.29) is 5.69 Å². The van der Waals surface area contributed by atoms with Crippen molar-refractivity contribution < 1.29 is 14.3 Å². The molecule has 0 saturated heterocycles. The molecule has 2 heterocycles. The van der Waals surface area contributed by atoms with Crippen LogP contribution in [0.3, 0.4) is 0 Å². The Bertz CT molecular complexity index is 763. The highest BCUT2D eigenvalue weighted by atomic mass is 79.9. The third-order valence-electron chi connectivity index (χ3n) is 2.78. The van der Waals surface area contributed by atoms with Crippen molar-refractivity contribution in [2.75, 3.05) is 0 Å². The van der Waals surface area contributed by atoms with Crippen molar-refractivity contribution in [3.05, 3.63) is 58.9 Å². The van der Waals surface area contributed by atoms with Gasteiger partial charge >= 0.3 is 5.97 Å². The van der Waals surface area contributed by atoms with Crippen LogP contribution in [0.25, 0.3) is 17.1 Å². The highest BCUT2D eigenvalue weighted by Gasteiger charge is 2.18. The van der Waals surface area contributed by atoms with Crippen LogP contribution in [0, 0.1) is 0 Å². The van der Waals surface area contributed by atoms with Crippen LogP contribution >= 0.6 is 15.9 Å². The molecule has 0 spiro atoms. The summed E-state index contributed by atoms with van der Waals surface area (Å²) in [5.41, 5.74) is 1.29. The average molecular weight is 333 g/mol. The SMILES string of the molecule is O=C(O)c1cc(-c2ccco2)n(-c2ccccc2Br)n1. The van der Waals surface area contributed by atoms with Crippen molar-refractivity contribution >= 4 is 21.9 Å². The van der Waals surface area contributed by atoms with E-state index in [9.17, 15) is 4.79 Å². The first-order valence-electron chi connectivity index (χ1n) is 5.79. The lowest BCUT2D eigenvalue weighted by Gasteiger charge is -2.07. The second-order valence-electron chi connectivity index (χ2n) is 4.06. The number of benzene rings is 1. The molecule has 0 bridgehead atoms. The van der Waals surface area contributed by atoms with Gasteiger partial charge in [0.25, 0.3) is 0 Å². The monoisotopic (exact) mass is 332 g/mol. The van der Waals surface area contributed by atoms with E-state index in [4.69, 9.17) is 9.52 Å². The topological polar surface area (TPSA) is 68.3 Å². The predicted molar refractivity (Wildman–Crippen MR) is 75.9 cm³/mol. The average Bonchev–Trinajstić information content (AvgIpc) is 3.08. The molecular weight excluding hydrogens is 324 g/mol. The van der Waals surface area contributed by atoms with Crippen LogP contribution in [0.4, 0.5) is 0 Å². The molecule has 0 aliphatic heterocycles. The molecule has 1 aromatic carbocycles. The van der Waals surface area contributed by atoms with Gasteiger partial charge in [-0.25, -0.2) is 9.48 Å². The van der Waals surface area contributed by atoms with Crippen LogP contribution in [-0.2, 0) is 0 Å². The smallest absolute Gasteiger partial charge is 0.356 e. The summed E-state index contributed by atoms with van der Waals surface area (Å²) in [6.45, 7) is 0. The number of aromatic nitrogens is 2. The molecule has 0 amide bonds. The quantitative estimate of drug-likeness (QED) is 0.795. The van der Waals surface area contributed by atoms with Crippen molar-refractivity contribution in [2.45, 2.75) is 0 Å². The van der Waals surface area contributed by atoms with Crippen LogP contribution in [0.1, 0.15) is 10.5 Å². The largest absolute Gasteiger partial charge is 0.476 e. The number of carbonyl (C=O) groups is 1. The number of hydrogen-bond donors (Lipinski definition) is 1. The standard InChI is InChI=1S/C14H9BrN2O3/c15-9-4-1-2-5-11(9)17-12(13-6-3-7-20-13)8-10(16-17)14(18)19/h1-8H,(H,18,19). The van der Waals surface area contributed by atoms with E-state index in [1.807, 2.05) is 24.3 Å². The third kappa shape index (κ3) is 2.14. The Labute approximate surface area is 122 Å². The van der Waals surface area contributed by atoms with Crippen LogP contribution in [0.2, 0.25) is 0 Å². The zero-order chi connectivity index (χ0) is 14.1. The first-order valence-corrected chi connectivity index (χ1v) is 6.58. The van der Waals surface area contributed by atoms with E-state index in [0.29, 0.717) is 11.5 Å². The maximum Gasteiger partial charge on any atom is 0.356 e. The summed E-state index contributed by atoms with van der Waals surface area (Å²) in [4.78, 5) is 11.1. The number of hydrogen-bond acceptors (Lipinski definition) is 3. The van der Waals surface area contributed by atoms with Gasteiger partial charge in [0, 0.05) is 10.5 Å². The summed E-state index contributed by atoms with van der Waals surface area (Å²) in [6, 6.07) is 12.4. The van der Waals surface area contributed by atoms with Gasteiger partial charge in [0.05, 0.1) is 12.0 Å². The Balaban J connectivity index is 2.24. The molecule has 5 nitrogen and oxygen atoms in total. The zero-order valence-electron chi connectivity index (χ0n) is 10.2. The molecule has 1 N–H and O–H groups in total. The molecular formula is C14H9BrN2O3. The molecule has 6 heteroatoms. The number of rotatable bonds is 3. The van der Waals surface area contributed by atoms with Crippen molar-refractivity contribution in [3.8, 4) is 17.1 Å². The Hall–Kier alpha value is -2.34. The van der Waals surface area contributed by atoms with E-state index in [1.54, 1.807) is 16.8 Å². The number of furan rings is 1. The number of halogens is 1. The highest BCUT2D eigenvalue weighted by Crippen LogP contribution is 2.28. The van der Waals surface area contributed by atoms with Crippen molar-refractivity contribution in [1.29, 1.82) is 0 Å². The summed E-state index contributed by atoms with van der Waals surface area (Å²) in [5, 5.41) is 13.2. The van der Waals surface area contributed by atoms with E-state index in [2.05, 4.69) is 21.0 Å². The summed E-state index contributed by atoms with van der Waals surface area (Å²) in [5.74, 6) is -0.524.